The maximum absolute atomic E-state index is 12.5. The fraction of sp³-hybridized carbons (Fsp3) is 0.588. The molecule has 0 atom stereocenters. The molecule has 0 spiro atoms. The number of nitrogens with zero attached hydrogens (tertiary/aromatic N) is 2. The molecule has 0 aliphatic carbocycles. The molecule has 21 heavy (non-hydrogen) atoms. The molecule has 0 saturated heterocycles. The summed E-state index contributed by atoms with van der Waals surface area (Å²) in [6.07, 6.45) is 0.948. The number of rotatable bonds is 9. The predicted octanol–water partition coefficient (Wildman–Crippen LogP) is 2.05. The van der Waals surface area contributed by atoms with Gasteiger partial charge in [-0.05, 0) is 25.5 Å². The van der Waals surface area contributed by atoms with Crippen LogP contribution in [0.5, 0.6) is 0 Å². The fourth-order valence-corrected chi connectivity index (χ4v) is 2.26. The Kier molecular flexibility index (Phi) is 8.01. The van der Waals surface area contributed by atoms with E-state index in [0.29, 0.717) is 19.6 Å². The zero-order valence-corrected chi connectivity index (χ0v) is 13.5. The first-order valence-corrected chi connectivity index (χ1v) is 7.77. The van der Waals surface area contributed by atoms with Crippen LogP contribution in [0.3, 0.4) is 0 Å². The summed E-state index contributed by atoms with van der Waals surface area (Å²) >= 11 is 0. The number of hydrogen-bond donors (Lipinski definition) is 1. The second-order valence-electron chi connectivity index (χ2n) is 5.39. The van der Waals surface area contributed by atoms with Crippen LogP contribution in [0.15, 0.2) is 24.3 Å². The molecule has 1 amide bonds. The van der Waals surface area contributed by atoms with E-state index in [-0.39, 0.29) is 12.5 Å². The van der Waals surface area contributed by atoms with Crippen molar-refractivity contribution in [1.82, 2.24) is 9.80 Å². The minimum absolute atomic E-state index is 0.0901. The number of aliphatic hydroxyl groups is 1. The summed E-state index contributed by atoms with van der Waals surface area (Å²) in [6, 6.07) is 8.31. The summed E-state index contributed by atoms with van der Waals surface area (Å²) in [6.45, 7) is 9.37. The molecule has 1 rings (SSSR count). The molecule has 0 bridgehead atoms. The van der Waals surface area contributed by atoms with Gasteiger partial charge in [0.1, 0.15) is 0 Å². The topological polar surface area (TPSA) is 43.8 Å². The average Bonchev–Trinajstić information content (AvgIpc) is 2.48. The lowest BCUT2D eigenvalue weighted by molar-refractivity contribution is -0.133. The summed E-state index contributed by atoms with van der Waals surface area (Å²) in [7, 11) is 0. The maximum Gasteiger partial charge on any atom is 0.237 e. The van der Waals surface area contributed by atoms with Crippen LogP contribution in [0.2, 0.25) is 0 Å². The smallest absolute Gasteiger partial charge is 0.237 e. The average molecular weight is 292 g/mol. The highest BCUT2D eigenvalue weighted by molar-refractivity contribution is 5.78. The molecule has 0 radical (unpaired) electrons. The van der Waals surface area contributed by atoms with Crippen LogP contribution in [0.25, 0.3) is 0 Å². The van der Waals surface area contributed by atoms with Gasteiger partial charge in [0.2, 0.25) is 5.91 Å². The Labute approximate surface area is 128 Å². The second kappa shape index (κ2) is 9.53. The predicted molar refractivity (Wildman–Crippen MR) is 86.1 cm³/mol. The minimum atomic E-state index is 0.0901. The monoisotopic (exact) mass is 292 g/mol. The van der Waals surface area contributed by atoms with Gasteiger partial charge in [-0.3, -0.25) is 9.69 Å². The van der Waals surface area contributed by atoms with E-state index in [1.807, 2.05) is 16.7 Å². The van der Waals surface area contributed by atoms with Crippen LogP contribution in [-0.2, 0) is 11.3 Å². The van der Waals surface area contributed by atoms with E-state index in [1.165, 1.54) is 5.56 Å². The highest BCUT2D eigenvalue weighted by Gasteiger charge is 2.16. The number of carbonyl (C=O) groups excluding carboxylic acids is 1. The maximum atomic E-state index is 12.5. The summed E-state index contributed by atoms with van der Waals surface area (Å²) in [5, 5.41) is 9.02. The second-order valence-corrected chi connectivity index (χ2v) is 5.39. The first-order chi connectivity index (χ1) is 10.1. The molecule has 4 nitrogen and oxygen atoms in total. The molecule has 118 valence electrons. The van der Waals surface area contributed by atoms with Gasteiger partial charge in [-0.15, -0.1) is 0 Å². The zero-order valence-electron chi connectivity index (χ0n) is 13.5. The largest absolute Gasteiger partial charge is 0.395 e. The van der Waals surface area contributed by atoms with Crippen LogP contribution >= 0.6 is 0 Å². The Bertz CT molecular complexity index is 417. The van der Waals surface area contributed by atoms with Crippen LogP contribution in [0.1, 0.15) is 31.4 Å². The summed E-state index contributed by atoms with van der Waals surface area (Å²) in [5.41, 5.74) is 2.39. The van der Waals surface area contributed by atoms with E-state index in [0.717, 1.165) is 25.1 Å². The van der Waals surface area contributed by atoms with Gasteiger partial charge in [-0.2, -0.15) is 0 Å². The van der Waals surface area contributed by atoms with Gasteiger partial charge in [0.05, 0.1) is 13.2 Å². The van der Waals surface area contributed by atoms with Gasteiger partial charge in [-0.25, -0.2) is 0 Å². The Hall–Kier alpha value is -1.39. The van der Waals surface area contributed by atoms with E-state index in [4.69, 9.17) is 5.11 Å². The lowest BCUT2D eigenvalue weighted by Crippen LogP contribution is -2.41. The van der Waals surface area contributed by atoms with E-state index < -0.39 is 0 Å². The third-order valence-electron chi connectivity index (χ3n) is 3.56. The van der Waals surface area contributed by atoms with Gasteiger partial charge in [0, 0.05) is 19.6 Å². The molecule has 0 aliphatic rings. The van der Waals surface area contributed by atoms with Crippen molar-refractivity contribution in [2.24, 2.45) is 0 Å². The molecule has 0 aliphatic heterocycles. The van der Waals surface area contributed by atoms with Crippen LogP contribution in [0, 0.1) is 6.92 Å². The van der Waals surface area contributed by atoms with Gasteiger partial charge in [-0.1, -0.05) is 43.7 Å². The Morgan fingerprint density at radius 3 is 2.33 bits per heavy atom. The highest BCUT2D eigenvalue weighted by atomic mass is 16.3. The van der Waals surface area contributed by atoms with Gasteiger partial charge in [0.25, 0.3) is 0 Å². The van der Waals surface area contributed by atoms with Gasteiger partial charge in [0.15, 0.2) is 0 Å². The van der Waals surface area contributed by atoms with E-state index in [1.54, 1.807) is 0 Å². The molecule has 0 saturated carbocycles. The first kappa shape index (κ1) is 17.7. The number of aliphatic hydroxyl groups excluding tert-OH is 1. The molecular weight excluding hydrogens is 264 g/mol. The minimum Gasteiger partial charge on any atom is -0.395 e. The number of aryl methyl sites for hydroxylation is 1. The number of carbonyl (C=O) groups is 1. The number of likely N-dealkylation sites (N-methyl/N-ethyl adjacent to an activating group) is 1. The van der Waals surface area contributed by atoms with Gasteiger partial charge < -0.3 is 10.0 Å². The Morgan fingerprint density at radius 2 is 1.81 bits per heavy atom. The molecule has 1 aromatic rings. The molecule has 0 fully saturated rings. The van der Waals surface area contributed by atoms with Crippen molar-refractivity contribution in [2.45, 2.75) is 33.7 Å². The summed E-state index contributed by atoms with van der Waals surface area (Å²) in [4.78, 5) is 16.3. The van der Waals surface area contributed by atoms with Crippen molar-refractivity contribution in [2.75, 3.05) is 32.8 Å². The molecular formula is C17H28N2O2. The van der Waals surface area contributed by atoms with Crippen molar-refractivity contribution in [3.63, 3.8) is 0 Å². The SMILES string of the molecule is CCCN(Cc1ccc(C)cc1)C(=O)CN(CC)CCO. The molecule has 0 heterocycles. The summed E-state index contributed by atoms with van der Waals surface area (Å²) in [5.74, 6) is 0.132. The van der Waals surface area contributed by atoms with E-state index in [9.17, 15) is 4.79 Å². The standard InChI is InChI=1S/C17H28N2O2/c1-4-10-19(13-16-8-6-15(3)7-9-16)17(21)14-18(5-2)11-12-20/h6-9,20H,4-5,10-14H2,1-3H3. The number of hydrogen-bond acceptors (Lipinski definition) is 3. The molecule has 1 aromatic carbocycles. The van der Waals surface area contributed by atoms with Crippen molar-refractivity contribution < 1.29 is 9.90 Å². The third-order valence-corrected chi connectivity index (χ3v) is 3.56. The number of amides is 1. The van der Waals surface area contributed by atoms with E-state index >= 15 is 0 Å². The van der Waals surface area contributed by atoms with Crippen molar-refractivity contribution >= 4 is 5.91 Å². The zero-order chi connectivity index (χ0) is 15.7. The van der Waals surface area contributed by atoms with E-state index in [2.05, 4.69) is 38.1 Å². The highest BCUT2D eigenvalue weighted by Crippen LogP contribution is 2.08. The number of benzene rings is 1. The lowest BCUT2D eigenvalue weighted by Gasteiger charge is -2.26. The summed E-state index contributed by atoms with van der Waals surface area (Å²) < 4.78 is 0. The van der Waals surface area contributed by atoms with Crippen LogP contribution < -0.4 is 0 Å². The molecule has 0 aromatic heterocycles. The molecule has 0 unspecified atom stereocenters. The van der Waals surface area contributed by atoms with Crippen LogP contribution in [0.4, 0.5) is 0 Å². The third kappa shape index (κ3) is 6.27. The fourth-order valence-electron chi connectivity index (χ4n) is 2.26. The molecule has 4 heteroatoms. The van der Waals surface area contributed by atoms with Crippen molar-refractivity contribution in [3.05, 3.63) is 35.4 Å². The normalized spacial score (nSPS) is 10.9. The Balaban J connectivity index is 2.66. The van der Waals surface area contributed by atoms with Crippen LogP contribution in [-0.4, -0.2) is 53.6 Å². The molecule has 1 N–H and O–H groups in total. The van der Waals surface area contributed by atoms with Crippen molar-refractivity contribution in [3.8, 4) is 0 Å². The van der Waals surface area contributed by atoms with Crippen molar-refractivity contribution in [1.29, 1.82) is 0 Å². The van der Waals surface area contributed by atoms with Gasteiger partial charge >= 0.3 is 0 Å². The lowest BCUT2D eigenvalue weighted by atomic mass is 10.1. The first-order valence-electron chi connectivity index (χ1n) is 7.77. The Morgan fingerprint density at radius 1 is 1.14 bits per heavy atom. The quantitative estimate of drug-likeness (QED) is 0.757.